The van der Waals surface area contributed by atoms with E-state index in [1.807, 2.05) is 10.3 Å². The first-order chi connectivity index (χ1) is 12.7. The highest BCUT2D eigenvalue weighted by molar-refractivity contribution is 7.09. The quantitative estimate of drug-likeness (QED) is 0.829. The van der Waals surface area contributed by atoms with Crippen molar-refractivity contribution in [3.05, 3.63) is 45.9 Å². The maximum Gasteiger partial charge on any atom is 0.273 e. The van der Waals surface area contributed by atoms with Crippen LogP contribution in [0.15, 0.2) is 29.6 Å². The van der Waals surface area contributed by atoms with Crippen molar-refractivity contribution in [3.8, 4) is 0 Å². The number of benzene rings is 1. The number of hydrogen-bond acceptors (Lipinski definition) is 5. The zero-order valence-electron chi connectivity index (χ0n) is 15.4. The van der Waals surface area contributed by atoms with E-state index < -0.39 is 0 Å². The molecule has 26 heavy (non-hydrogen) atoms. The first kappa shape index (κ1) is 17.5. The number of aryl methyl sites for hydroxylation is 1. The lowest BCUT2D eigenvalue weighted by Gasteiger charge is -2.35. The molecule has 5 nitrogen and oxygen atoms in total. The summed E-state index contributed by atoms with van der Waals surface area (Å²) in [6.07, 6.45) is 2.24. The average molecular weight is 371 g/mol. The smallest absolute Gasteiger partial charge is 0.273 e. The van der Waals surface area contributed by atoms with Crippen molar-refractivity contribution in [1.29, 1.82) is 0 Å². The second kappa shape index (κ2) is 7.76. The molecule has 2 saturated heterocycles. The molecule has 1 amide bonds. The van der Waals surface area contributed by atoms with E-state index in [1.165, 1.54) is 11.3 Å². The van der Waals surface area contributed by atoms with E-state index in [9.17, 15) is 4.79 Å². The number of carbonyl (C=O) groups excluding carboxylic acids is 1. The van der Waals surface area contributed by atoms with Gasteiger partial charge in [-0.05, 0) is 31.9 Å². The van der Waals surface area contributed by atoms with Gasteiger partial charge in [0.15, 0.2) is 0 Å². The van der Waals surface area contributed by atoms with Gasteiger partial charge in [-0.1, -0.05) is 17.7 Å². The van der Waals surface area contributed by atoms with Crippen LogP contribution in [0.3, 0.4) is 0 Å². The summed E-state index contributed by atoms with van der Waals surface area (Å²) in [7, 11) is 0. The fourth-order valence-electron chi connectivity index (χ4n) is 3.68. The average Bonchev–Trinajstić information content (AvgIpc) is 3.35. The number of carbonyl (C=O) groups is 1. The highest BCUT2D eigenvalue weighted by atomic mass is 32.1. The van der Waals surface area contributed by atoms with Crippen molar-refractivity contribution in [2.24, 2.45) is 0 Å². The SMILES string of the molecule is Cc1ccc(N2CCN(Cc3nc(C(=O)N4CCCC4)cs3)CC2)cc1. The Hall–Kier alpha value is -1.92. The number of nitrogens with zero attached hydrogens (tertiary/aromatic N) is 4. The summed E-state index contributed by atoms with van der Waals surface area (Å²) in [6, 6.07) is 8.77. The number of aromatic nitrogens is 1. The van der Waals surface area contributed by atoms with Crippen LogP contribution < -0.4 is 4.90 Å². The van der Waals surface area contributed by atoms with Gasteiger partial charge in [-0.2, -0.15) is 0 Å². The van der Waals surface area contributed by atoms with Gasteiger partial charge in [0.1, 0.15) is 10.7 Å². The first-order valence-electron chi connectivity index (χ1n) is 9.47. The van der Waals surface area contributed by atoms with Crippen molar-refractivity contribution < 1.29 is 4.79 Å². The minimum atomic E-state index is 0.106. The number of rotatable bonds is 4. The van der Waals surface area contributed by atoms with Crippen LogP contribution in [0, 0.1) is 6.92 Å². The van der Waals surface area contributed by atoms with Crippen molar-refractivity contribution in [1.82, 2.24) is 14.8 Å². The number of hydrogen-bond donors (Lipinski definition) is 0. The molecule has 0 atom stereocenters. The Morgan fingerprint density at radius 3 is 2.42 bits per heavy atom. The first-order valence-corrected chi connectivity index (χ1v) is 10.3. The lowest BCUT2D eigenvalue weighted by Crippen LogP contribution is -2.45. The van der Waals surface area contributed by atoms with Crippen molar-refractivity contribution >= 4 is 22.9 Å². The largest absolute Gasteiger partial charge is 0.369 e. The Morgan fingerprint density at radius 2 is 1.73 bits per heavy atom. The number of thiazole rings is 1. The Balaban J connectivity index is 1.30. The molecule has 0 saturated carbocycles. The Kier molecular flexibility index (Phi) is 5.22. The molecular weight excluding hydrogens is 344 g/mol. The summed E-state index contributed by atoms with van der Waals surface area (Å²) < 4.78 is 0. The molecular formula is C20H26N4OS. The standard InChI is InChI=1S/C20H26N4OS/c1-16-4-6-17(7-5-16)23-12-10-22(11-13-23)14-19-21-18(15-26-19)20(25)24-8-2-3-9-24/h4-7,15H,2-3,8-14H2,1H3. The zero-order chi connectivity index (χ0) is 17.9. The van der Waals surface area contributed by atoms with E-state index >= 15 is 0 Å². The second-order valence-electron chi connectivity index (χ2n) is 7.22. The van der Waals surface area contributed by atoms with Gasteiger partial charge in [-0.3, -0.25) is 9.69 Å². The molecule has 3 heterocycles. The minimum absolute atomic E-state index is 0.106. The van der Waals surface area contributed by atoms with Gasteiger partial charge in [0.2, 0.25) is 0 Å². The van der Waals surface area contributed by atoms with Gasteiger partial charge >= 0.3 is 0 Å². The van der Waals surface area contributed by atoms with Crippen LogP contribution in [0.5, 0.6) is 0 Å². The van der Waals surface area contributed by atoms with E-state index in [0.29, 0.717) is 5.69 Å². The van der Waals surface area contributed by atoms with Crippen LogP contribution >= 0.6 is 11.3 Å². The molecule has 2 aromatic rings. The van der Waals surface area contributed by atoms with Crippen LogP contribution in [0.25, 0.3) is 0 Å². The highest BCUT2D eigenvalue weighted by Crippen LogP contribution is 2.20. The Morgan fingerprint density at radius 1 is 1.04 bits per heavy atom. The number of likely N-dealkylation sites (tertiary alicyclic amines) is 1. The molecule has 4 rings (SSSR count). The molecule has 2 aliphatic rings. The third-order valence-corrected chi connectivity index (χ3v) is 6.13. The predicted octanol–water partition coefficient (Wildman–Crippen LogP) is 3.01. The topological polar surface area (TPSA) is 39.7 Å². The fourth-order valence-corrected chi connectivity index (χ4v) is 4.48. The molecule has 0 spiro atoms. The van der Waals surface area contributed by atoms with Gasteiger partial charge in [0.25, 0.3) is 5.91 Å². The summed E-state index contributed by atoms with van der Waals surface area (Å²) in [5, 5.41) is 2.98. The maximum atomic E-state index is 12.4. The van der Waals surface area contributed by atoms with Gasteiger partial charge in [-0.25, -0.2) is 4.98 Å². The summed E-state index contributed by atoms with van der Waals surface area (Å²) in [6.45, 7) is 8.87. The van der Waals surface area contributed by atoms with Crippen LogP contribution in [-0.4, -0.2) is 60.0 Å². The van der Waals surface area contributed by atoms with Crippen molar-refractivity contribution in [2.45, 2.75) is 26.3 Å². The lowest BCUT2D eigenvalue weighted by molar-refractivity contribution is 0.0787. The highest BCUT2D eigenvalue weighted by Gasteiger charge is 2.23. The fraction of sp³-hybridized carbons (Fsp3) is 0.500. The molecule has 0 bridgehead atoms. The molecule has 1 aromatic heterocycles. The van der Waals surface area contributed by atoms with Crippen LogP contribution in [-0.2, 0) is 6.54 Å². The normalized spacial score (nSPS) is 18.5. The monoisotopic (exact) mass is 370 g/mol. The lowest BCUT2D eigenvalue weighted by atomic mass is 10.2. The Bertz CT molecular complexity index is 743. The summed E-state index contributed by atoms with van der Waals surface area (Å²) >= 11 is 1.62. The molecule has 0 unspecified atom stereocenters. The summed E-state index contributed by atoms with van der Waals surface area (Å²) in [5.41, 5.74) is 3.24. The van der Waals surface area contributed by atoms with E-state index in [2.05, 4.69) is 46.0 Å². The third kappa shape index (κ3) is 3.91. The molecule has 0 radical (unpaired) electrons. The second-order valence-corrected chi connectivity index (χ2v) is 8.17. The molecule has 0 aliphatic carbocycles. The predicted molar refractivity (Wildman–Crippen MR) is 106 cm³/mol. The molecule has 2 aliphatic heterocycles. The minimum Gasteiger partial charge on any atom is -0.369 e. The van der Waals surface area contributed by atoms with Gasteiger partial charge in [-0.15, -0.1) is 11.3 Å². The van der Waals surface area contributed by atoms with Gasteiger partial charge in [0.05, 0.1) is 6.54 Å². The number of amides is 1. The van der Waals surface area contributed by atoms with Crippen LogP contribution in [0.2, 0.25) is 0 Å². The molecule has 0 N–H and O–H groups in total. The molecule has 1 aromatic carbocycles. The van der Waals surface area contributed by atoms with Gasteiger partial charge in [0, 0.05) is 50.3 Å². The van der Waals surface area contributed by atoms with Gasteiger partial charge < -0.3 is 9.80 Å². The number of anilines is 1. The zero-order valence-corrected chi connectivity index (χ0v) is 16.2. The summed E-state index contributed by atoms with van der Waals surface area (Å²) in [4.78, 5) is 23.8. The Labute approximate surface area is 159 Å². The maximum absolute atomic E-state index is 12.4. The van der Waals surface area contributed by atoms with Crippen molar-refractivity contribution in [3.63, 3.8) is 0 Å². The van der Waals surface area contributed by atoms with E-state index in [-0.39, 0.29) is 5.91 Å². The number of piperazine rings is 1. The van der Waals surface area contributed by atoms with Crippen LogP contribution in [0.1, 0.15) is 33.9 Å². The third-order valence-electron chi connectivity index (χ3n) is 5.29. The molecule has 6 heteroatoms. The molecule has 2 fully saturated rings. The van der Waals surface area contributed by atoms with Crippen LogP contribution in [0.4, 0.5) is 5.69 Å². The summed E-state index contributed by atoms with van der Waals surface area (Å²) in [5.74, 6) is 0.106. The molecule has 138 valence electrons. The van der Waals surface area contributed by atoms with E-state index in [0.717, 1.165) is 63.7 Å². The van der Waals surface area contributed by atoms with E-state index in [1.54, 1.807) is 11.3 Å². The van der Waals surface area contributed by atoms with Crippen molar-refractivity contribution in [2.75, 3.05) is 44.2 Å². The van der Waals surface area contributed by atoms with E-state index in [4.69, 9.17) is 0 Å².